The molecule has 0 unspecified atom stereocenters. The molecule has 0 saturated heterocycles. The summed E-state index contributed by atoms with van der Waals surface area (Å²) in [6.07, 6.45) is 0. The molecule has 2 aromatic rings. The SMILES string of the molecule is CCOC(=O)C(=O)Nc1sc(SCC)nc1-c1ccccc1. The fraction of sp³-hybridized carbons (Fsp3) is 0.267. The average Bonchev–Trinajstić information content (AvgIpc) is 2.91. The van der Waals surface area contributed by atoms with E-state index >= 15 is 0 Å². The van der Waals surface area contributed by atoms with E-state index in [4.69, 9.17) is 4.74 Å². The molecule has 0 aliphatic rings. The van der Waals surface area contributed by atoms with E-state index in [0.29, 0.717) is 10.7 Å². The first kappa shape index (κ1) is 16.5. The van der Waals surface area contributed by atoms with Crippen LogP contribution in [-0.2, 0) is 14.3 Å². The summed E-state index contributed by atoms with van der Waals surface area (Å²) >= 11 is 2.95. The molecule has 22 heavy (non-hydrogen) atoms. The minimum Gasteiger partial charge on any atom is -0.459 e. The normalized spacial score (nSPS) is 10.3. The summed E-state index contributed by atoms with van der Waals surface area (Å²) in [5, 5.41) is 3.16. The van der Waals surface area contributed by atoms with Gasteiger partial charge in [-0.3, -0.25) is 4.79 Å². The van der Waals surface area contributed by atoms with Gasteiger partial charge in [-0.15, -0.1) is 0 Å². The monoisotopic (exact) mass is 336 g/mol. The van der Waals surface area contributed by atoms with Gasteiger partial charge >= 0.3 is 11.9 Å². The Bertz CT molecular complexity index is 656. The van der Waals surface area contributed by atoms with E-state index in [1.165, 1.54) is 11.3 Å². The van der Waals surface area contributed by atoms with Crippen molar-refractivity contribution < 1.29 is 14.3 Å². The predicted octanol–water partition coefficient (Wildman–Crippen LogP) is 3.42. The molecule has 7 heteroatoms. The van der Waals surface area contributed by atoms with Crippen molar-refractivity contribution in [2.24, 2.45) is 0 Å². The second-order valence-electron chi connectivity index (χ2n) is 4.13. The number of nitrogens with zero attached hydrogens (tertiary/aromatic N) is 1. The Hall–Kier alpha value is -1.86. The zero-order chi connectivity index (χ0) is 15.9. The molecule has 1 heterocycles. The van der Waals surface area contributed by atoms with Gasteiger partial charge in [0, 0.05) is 5.56 Å². The van der Waals surface area contributed by atoms with Crippen molar-refractivity contribution in [1.82, 2.24) is 4.98 Å². The van der Waals surface area contributed by atoms with E-state index < -0.39 is 11.9 Å². The van der Waals surface area contributed by atoms with Gasteiger partial charge in [0.15, 0.2) is 4.34 Å². The summed E-state index contributed by atoms with van der Waals surface area (Å²) in [6, 6.07) is 9.54. The van der Waals surface area contributed by atoms with Crippen LogP contribution in [0.5, 0.6) is 0 Å². The highest BCUT2D eigenvalue weighted by Crippen LogP contribution is 2.37. The highest BCUT2D eigenvalue weighted by Gasteiger charge is 2.20. The van der Waals surface area contributed by atoms with Crippen LogP contribution in [0.1, 0.15) is 13.8 Å². The number of anilines is 1. The molecule has 1 aromatic carbocycles. The summed E-state index contributed by atoms with van der Waals surface area (Å²) in [5.74, 6) is -0.789. The number of amides is 1. The van der Waals surface area contributed by atoms with E-state index in [0.717, 1.165) is 15.7 Å². The molecular weight excluding hydrogens is 320 g/mol. The lowest BCUT2D eigenvalue weighted by Gasteiger charge is -2.04. The van der Waals surface area contributed by atoms with E-state index in [1.807, 2.05) is 37.3 Å². The molecule has 0 bridgehead atoms. The summed E-state index contributed by atoms with van der Waals surface area (Å²) in [7, 11) is 0. The van der Waals surface area contributed by atoms with Crippen LogP contribution in [-0.4, -0.2) is 29.2 Å². The van der Waals surface area contributed by atoms with Gasteiger partial charge in [-0.2, -0.15) is 0 Å². The number of carbonyl (C=O) groups excluding carboxylic acids is 2. The van der Waals surface area contributed by atoms with Crippen molar-refractivity contribution in [1.29, 1.82) is 0 Å². The van der Waals surface area contributed by atoms with Crippen molar-refractivity contribution in [3.63, 3.8) is 0 Å². The molecule has 1 N–H and O–H groups in total. The first-order valence-corrected chi connectivity index (χ1v) is 8.63. The second-order valence-corrected chi connectivity index (χ2v) is 6.64. The van der Waals surface area contributed by atoms with Crippen LogP contribution in [0, 0.1) is 0 Å². The maximum absolute atomic E-state index is 11.8. The molecule has 0 spiro atoms. The largest absolute Gasteiger partial charge is 0.459 e. The third kappa shape index (κ3) is 4.08. The average molecular weight is 336 g/mol. The minimum absolute atomic E-state index is 0.164. The Morgan fingerprint density at radius 2 is 2.00 bits per heavy atom. The Labute approximate surface area is 137 Å². The number of hydrogen-bond acceptors (Lipinski definition) is 6. The number of thiazole rings is 1. The second kappa shape index (κ2) is 7.95. The van der Waals surface area contributed by atoms with Gasteiger partial charge in [-0.05, 0) is 12.7 Å². The highest BCUT2D eigenvalue weighted by atomic mass is 32.2. The van der Waals surface area contributed by atoms with Crippen LogP contribution in [0.25, 0.3) is 11.3 Å². The van der Waals surface area contributed by atoms with Gasteiger partial charge in [-0.25, -0.2) is 9.78 Å². The minimum atomic E-state index is -0.889. The fourth-order valence-corrected chi connectivity index (χ4v) is 3.67. The molecule has 0 saturated carbocycles. The quantitative estimate of drug-likeness (QED) is 0.515. The number of benzene rings is 1. The Kier molecular flexibility index (Phi) is 5.97. The van der Waals surface area contributed by atoms with Crippen molar-refractivity contribution in [2.45, 2.75) is 18.2 Å². The van der Waals surface area contributed by atoms with Crippen molar-refractivity contribution in [2.75, 3.05) is 17.7 Å². The van der Waals surface area contributed by atoms with Crippen LogP contribution in [0.3, 0.4) is 0 Å². The molecule has 5 nitrogen and oxygen atoms in total. The summed E-state index contributed by atoms with van der Waals surface area (Å²) < 4.78 is 5.55. The summed E-state index contributed by atoms with van der Waals surface area (Å²) in [6.45, 7) is 3.85. The van der Waals surface area contributed by atoms with Gasteiger partial charge in [0.2, 0.25) is 0 Å². The van der Waals surface area contributed by atoms with E-state index in [2.05, 4.69) is 10.3 Å². The van der Waals surface area contributed by atoms with Gasteiger partial charge in [0.1, 0.15) is 10.7 Å². The zero-order valence-corrected chi connectivity index (χ0v) is 13.9. The molecule has 0 aliphatic heterocycles. The number of hydrogen-bond donors (Lipinski definition) is 1. The van der Waals surface area contributed by atoms with Crippen LogP contribution < -0.4 is 5.32 Å². The van der Waals surface area contributed by atoms with Gasteiger partial charge in [0.05, 0.1) is 6.61 Å². The van der Waals surface area contributed by atoms with Crippen molar-refractivity contribution in [3.8, 4) is 11.3 Å². The number of carbonyl (C=O) groups is 2. The number of rotatable bonds is 5. The smallest absolute Gasteiger partial charge is 0.397 e. The van der Waals surface area contributed by atoms with Crippen LogP contribution in [0.4, 0.5) is 5.00 Å². The Morgan fingerprint density at radius 3 is 2.64 bits per heavy atom. The summed E-state index contributed by atoms with van der Waals surface area (Å²) in [5.41, 5.74) is 1.56. The zero-order valence-electron chi connectivity index (χ0n) is 12.3. The standard InChI is InChI=1S/C15H16N2O3S2/c1-3-20-14(19)12(18)17-13-11(10-8-6-5-7-9-10)16-15(22-13)21-4-2/h5-9H,3-4H2,1-2H3,(H,17,18). The maximum Gasteiger partial charge on any atom is 0.397 e. The first-order valence-electron chi connectivity index (χ1n) is 6.82. The number of ether oxygens (including phenoxy) is 1. The fourth-order valence-electron chi connectivity index (χ4n) is 1.71. The molecule has 0 fully saturated rings. The topological polar surface area (TPSA) is 68.3 Å². The Balaban J connectivity index is 2.29. The van der Waals surface area contributed by atoms with Crippen molar-refractivity contribution in [3.05, 3.63) is 30.3 Å². The van der Waals surface area contributed by atoms with Crippen molar-refractivity contribution >= 4 is 40.0 Å². The number of esters is 1. The number of thioether (sulfide) groups is 1. The maximum atomic E-state index is 11.8. The first-order chi connectivity index (χ1) is 10.7. The van der Waals surface area contributed by atoms with Crippen LogP contribution in [0.2, 0.25) is 0 Å². The third-order valence-corrected chi connectivity index (χ3v) is 4.61. The van der Waals surface area contributed by atoms with Crippen LogP contribution in [0.15, 0.2) is 34.7 Å². The molecule has 0 radical (unpaired) electrons. The van der Waals surface area contributed by atoms with E-state index in [9.17, 15) is 9.59 Å². The molecule has 2 rings (SSSR count). The van der Waals surface area contributed by atoms with Gasteiger partial charge in [-0.1, -0.05) is 60.4 Å². The lowest BCUT2D eigenvalue weighted by atomic mass is 10.2. The molecule has 1 aromatic heterocycles. The number of nitrogens with one attached hydrogen (secondary N) is 1. The lowest BCUT2D eigenvalue weighted by molar-refractivity contribution is -0.152. The van der Waals surface area contributed by atoms with Gasteiger partial charge in [0.25, 0.3) is 0 Å². The Morgan fingerprint density at radius 1 is 1.27 bits per heavy atom. The van der Waals surface area contributed by atoms with Gasteiger partial charge < -0.3 is 10.1 Å². The number of aromatic nitrogens is 1. The van der Waals surface area contributed by atoms with E-state index in [1.54, 1.807) is 18.7 Å². The lowest BCUT2D eigenvalue weighted by Crippen LogP contribution is -2.24. The molecule has 0 aliphatic carbocycles. The molecule has 0 atom stereocenters. The predicted molar refractivity (Wildman–Crippen MR) is 89.2 cm³/mol. The highest BCUT2D eigenvalue weighted by molar-refractivity contribution is 8.01. The molecule has 1 amide bonds. The summed E-state index contributed by atoms with van der Waals surface area (Å²) in [4.78, 5) is 27.9. The van der Waals surface area contributed by atoms with E-state index in [-0.39, 0.29) is 6.61 Å². The third-order valence-electron chi connectivity index (χ3n) is 2.61. The molecular formula is C15H16N2O3S2. The molecule has 116 valence electrons. The van der Waals surface area contributed by atoms with Crippen LogP contribution >= 0.6 is 23.1 Å².